The number of amides is 1. The van der Waals surface area contributed by atoms with Crippen molar-refractivity contribution in [3.05, 3.63) is 29.3 Å². The molecule has 116 valence electrons. The van der Waals surface area contributed by atoms with Crippen molar-refractivity contribution in [3.63, 3.8) is 0 Å². The highest BCUT2D eigenvalue weighted by Gasteiger charge is 2.24. The third kappa shape index (κ3) is 4.07. The second kappa shape index (κ2) is 7.60. The lowest BCUT2D eigenvalue weighted by atomic mass is 9.98. The van der Waals surface area contributed by atoms with Gasteiger partial charge in [-0.05, 0) is 23.6 Å². The first-order chi connectivity index (χ1) is 10.1. The fourth-order valence-corrected chi connectivity index (χ4v) is 3.03. The third-order valence-corrected chi connectivity index (χ3v) is 4.48. The minimum Gasteiger partial charge on any atom is -0.324 e. The highest BCUT2D eigenvalue weighted by Crippen LogP contribution is 2.30. The Labute approximate surface area is 128 Å². The van der Waals surface area contributed by atoms with E-state index in [9.17, 15) is 4.79 Å². The molecule has 21 heavy (non-hydrogen) atoms. The average molecular weight is 288 g/mol. The van der Waals surface area contributed by atoms with Gasteiger partial charge in [-0.1, -0.05) is 57.6 Å². The highest BCUT2D eigenvalue weighted by molar-refractivity contribution is 6.00. The fourth-order valence-electron chi connectivity index (χ4n) is 3.03. The molecule has 3 nitrogen and oxygen atoms in total. The van der Waals surface area contributed by atoms with E-state index in [2.05, 4.69) is 19.1 Å². The van der Waals surface area contributed by atoms with Crippen molar-refractivity contribution in [2.45, 2.75) is 64.3 Å². The summed E-state index contributed by atoms with van der Waals surface area (Å²) < 4.78 is 0. The molecule has 1 aromatic carbocycles. The predicted molar refractivity (Wildman–Crippen MR) is 88.5 cm³/mol. The van der Waals surface area contributed by atoms with Gasteiger partial charge in [-0.15, -0.1) is 0 Å². The lowest BCUT2D eigenvalue weighted by molar-refractivity contribution is -0.117. The number of fused-ring (bicyclic) bond motifs is 1. The normalized spacial score (nSPS) is 15.4. The van der Waals surface area contributed by atoms with Crippen LogP contribution in [0.3, 0.4) is 0 Å². The van der Waals surface area contributed by atoms with Crippen LogP contribution >= 0.6 is 0 Å². The summed E-state index contributed by atoms with van der Waals surface area (Å²) in [5, 5.41) is 0. The molecular formula is C18H28N2O. The molecule has 0 aromatic heterocycles. The lowest BCUT2D eigenvalue weighted by Crippen LogP contribution is -2.20. The zero-order valence-corrected chi connectivity index (χ0v) is 13.4. The maximum absolute atomic E-state index is 11.7. The van der Waals surface area contributed by atoms with Gasteiger partial charge in [-0.2, -0.15) is 0 Å². The summed E-state index contributed by atoms with van der Waals surface area (Å²) in [5.74, 6) is 0.173. The maximum atomic E-state index is 11.7. The van der Waals surface area contributed by atoms with Crippen LogP contribution in [0.25, 0.3) is 0 Å². The van der Waals surface area contributed by atoms with Gasteiger partial charge in [0.05, 0.1) is 6.42 Å². The third-order valence-electron chi connectivity index (χ3n) is 4.48. The largest absolute Gasteiger partial charge is 0.324 e. The molecule has 3 heteroatoms. The van der Waals surface area contributed by atoms with Crippen molar-refractivity contribution in [2.75, 3.05) is 11.9 Å². The topological polar surface area (TPSA) is 46.3 Å². The summed E-state index contributed by atoms with van der Waals surface area (Å²) in [5.41, 5.74) is 9.63. The smallest absolute Gasteiger partial charge is 0.231 e. The zero-order chi connectivity index (χ0) is 15.2. The molecule has 0 spiro atoms. The molecule has 2 rings (SSSR count). The Morgan fingerprint density at radius 3 is 2.67 bits per heavy atom. The monoisotopic (exact) mass is 288 g/mol. The Morgan fingerprint density at radius 1 is 1.19 bits per heavy atom. The number of nitrogens with zero attached hydrogens (tertiary/aromatic N) is 1. The number of hydrogen-bond acceptors (Lipinski definition) is 2. The Balaban J connectivity index is 1.82. The minimum absolute atomic E-state index is 0.0995. The number of benzene rings is 1. The summed E-state index contributed by atoms with van der Waals surface area (Å²) in [4.78, 5) is 13.4. The van der Waals surface area contributed by atoms with E-state index in [1.54, 1.807) is 4.90 Å². The second-order valence-electron chi connectivity index (χ2n) is 6.18. The molecule has 0 bridgehead atoms. The van der Waals surface area contributed by atoms with E-state index in [0.717, 1.165) is 17.7 Å². The number of likely N-dealkylation sites (N-methyl/N-ethyl adjacent to an activating group) is 1. The lowest BCUT2D eigenvalue weighted by Gasteiger charge is -2.15. The number of carbonyl (C=O) groups excluding carboxylic acids is 1. The van der Waals surface area contributed by atoms with Crippen LogP contribution in [0.15, 0.2) is 18.2 Å². The van der Waals surface area contributed by atoms with Crippen molar-refractivity contribution in [1.82, 2.24) is 0 Å². The zero-order valence-electron chi connectivity index (χ0n) is 13.4. The Hall–Kier alpha value is -1.35. The predicted octanol–water partition coefficient (Wildman–Crippen LogP) is 3.96. The van der Waals surface area contributed by atoms with Gasteiger partial charge in [0.2, 0.25) is 5.91 Å². The van der Waals surface area contributed by atoms with Crippen LogP contribution in [-0.4, -0.2) is 13.0 Å². The van der Waals surface area contributed by atoms with Gasteiger partial charge in [0.15, 0.2) is 0 Å². The van der Waals surface area contributed by atoms with Crippen LogP contribution in [0.1, 0.15) is 69.0 Å². The number of rotatable bonds is 8. The second-order valence-corrected chi connectivity index (χ2v) is 6.18. The van der Waals surface area contributed by atoms with Crippen molar-refractivity contribution in [1.29, 1.82) is 0 Å². The first kappa shape index (κ1) is 16.0. The van der Waals surface area contributed by atoms with Crippen LogP contribution in [-0.2, 0) is 11.2 Å². The summed E-state index contributed by atoms with van der Waals surface area (Å²) >= 11 is 0. The summed E-state index contributed by atoms with van der Waals surface area (Å²) in [6.07, 6.45) is 9.34. The molecule has 0 saturated carbocycles. The molecule has 1 aliphatic rings. The van der Waals surface area contributed by atoms with Crippen LogP contribution in [0.4, 0.5) is 5.69 Å². The average Bonchev–Trinajstić information content (AvgIpc) is 2.77. The van der Waals surface area contributed by atoms with Gasteiger partial charge in [0.25, 0.3) is 0 Å². The Kier molecular flexibility index (Phi) is 5.80. The van der Waals surface area contributed by atoms with E-state index in [1.165, 1.54) is 44.1 Å². The van der Waals surface area contributed by atoms with Crippen LogP contribution < -0.4 is 10.6 Å². The molecule has 0 fully saturated rings. The SMILES string of the molecule is CCCCCCCCC(N)c1ccc2c(c1)CC(=O)N2C. The van der Waals surface area contributed by atoms with Crippen molar-refractivity contribution in [2.24, 2.45) is 5.73 Å². The summed E-state index contributed by atoms with van der Waals surface area (Å²) in [6.45, 7) is 2.24. The van der Waals surface area contributed by atoms with Gasteiger partial charge >= 0.3 is 0 Å². The summed E-state index contributed by atoms with van der Waals surface area (Å²) in [6, 6.07) is 6.34. The van der Waals surface area contributed by atoms with Crippen molar-refractivity contribution < 1.29 is 4.79 Å². The molecule has 1 aliphatic heterocycles. The molecule has 1 unspecified atom stereocenters. The van der Waals surface area contributed by atoms with E-state index in [1.807, 2.05) is 13.1 Å². The molecule has 1 aromatic rings. The molecule has 0 radical (unpaired) electrons. The first-order valence-electron chi connectivity index (χ1n) is 8.28. The van der Waals surface area contributed by atoms with Gasteiger partial charge < -0.3 is 10.6 Å². The first-order valence-corrected chi connectivity index (χ1v) is 8.28. The van der Waals surface area contributed by atoms with Crippen molar-refractivity contribution >= 4 is 11.6 Å². The molecule has 1 atom stereocenters. The molecule has 0 aliphatic carbocycles. The Bertz CT molecular complexity index is 484. The van der Waals surface area contributed by atoms with E-state index in [4.69, 9.17) is 5.73 Å². The maximum Gasteiger partial charge on any atom is 0.231 e. The van der Waals surface area contributed by atoms with Crippen LogP contribution in [0, 0.1) is 0 Å². The van der Waals surface area contributed by atoms with Gasteiger partial charge in [0, 0.05) is 18.8 Å². The number of unbranched alkanes of at least 4 members (excludes halogenated alkanes) is 5. The molecule has 0 saturated heterocycles. The minimum atomic E-state index is 0.0995. The number of nitrogens with two attached hydrogens (primary N) is 1. The molecule has 2 N–H and O–H groups in total. The van der Waals surface area contributed by atoms with Crippen molar-refractivity contribution in [3.8, 4) is 0 Å². The summed E-state index contributed by atoms with van der Waals surface area (Å²) in [7, 11) is 1.84. The molecular weight excluding hydrogens is 260 g/mol. The fraction of sp³-hybridized carbons (Fsp3) is 0.611. The van der Waals surface area contributed by atoms with Gasteiger partial charge in [-0.25, -0.2) is 0 Å². The number of carbonyl (C=O) groups is 1. The van der Waals surface area contributed by atoms with Gasteiger partial charge in [0.1, 0.15) is 0 Å². The molecule has 1 heterocycles. The Morgan fingerprint density at radius 2 is 1.90 bits per heavy atom. The number of anilines is 1. The quantitative estimate of drug-likeness (QED) is 0.736. The standard InChI is InChI=1S/C18H28N2O/c1-3-4-5-6-7-8-9-16(19)14-10-11-17-15(12-14)13-18(21)20(17)2/h10-12,16H,3-9,13,19H2,1-2H3. The van der Waals surface area contributed by atoms with E-state index < -0.39 is 0 Å². The number of hydrogen-bond donors (Lipinski definition) is 1. The van der Waals surface area contributed by atoms with E-state index in [-0.39, 0.29) is 11.9 Å². The van der Waals surface area contributed by atoms with E-state index in [0.29, 0.717) is 6.42 Å². The van der Waals surface area contributed by atoms with E-state index >= 15 is 0 Å². The van der Waals surface area contributed by atoms with Crippen LogP contribution in [0.2, 0.25) is 0 Å². The van der Waals surface area contributed by atoms with Gasteiger partial charge in [-0.3, -0.25) is 4.79 Å². The van der Waals surface area contributed by atoms with Crippen LogP contribution in [0.5, 0.6) is 0 Å². The highest BCUT2D eigenvalue weighted by atomic mass is 16.2. The molecule has 1 amide bonds.